The maximum absolute atomic E-state index is 14.3. The normalized spacial score (nSPS) is 20.9. The van der Waals surface area contributed by atoms with E-state index in [2.05, 4.69) is 15.0 Å². The summed E-state index contributed by atoms with van der Waals surface area (Å²) in [5.41, 5.74) is 0.294. The van der Waals surface area contributed by atoms with Crippen molar-refractivity contribution in [2.75, 3.05) is 37.7 Å². The van der Waals surface area contributed by atoms with Crippen molar-refractivity contribution >= 4 is 29.8 Å². The summed E-state index contributed by atoms with van der Waals surface area (Å²) >= 11 is 5.81. The molecule has 2 aliphatic heterocycles. The van der Waals surface area contributed by atoms with Crippen LogP contribution in [0.4, 0.5) is 10.2 Å². The number of pyridine rings is 1. The Balaban J connectivity index is 0.000000755. The quantitative estimate of drug-likeness (QED) is 0.721. The maximum atomic E-state index is 14.3. The molecule has 0 radical (unpaired) electrons. The molecule has 4 heterocycles. The van der Waals surface area contributed by atoms with Gasteiger partial charge < -0.3 is 19.6 Å². The first-order chi connectivity index (χ1) is 14.0. The second-order valence-corrected chi connectivity index (χ2v) is 7.01. The highest BCUT2D eigenvalue weighted by molar-refractivity contribution is 6.30. The Hall–Kier alpha value is -2.85. The molecule has 0 saturated carbocycles. The standard InChI is InChI=1S/C17H17ClFN5O2.CH2O2/c18-12-3-14(19)16(22-4-12)23-6-11-7-24(13(8-23)10-26-9-11)17(25)15-5-20-1-2-21-15;2-1-3/h1-5,11,13H,6-10H2;1H,(H,2,3)/t11-,13-;/m0./s1. The molecule has 0 aliphatic carbocycles. The third kappa shape index (κ3) is 4.96. The van der Waals surface area contributed by atoms with Crippen molar-refractivity contribution in [3.05, 3.63) is 47.4 Å². The van der Waals surface area contributed by atoms with E-state index in [1.807, 2.05) is 4.90 Å². The highest BCUT2D eigenvalue weighted by Gasteiger charge is 2.37. The van der Waals surface area contributed by atoms with Crippen LogP contribution >= 0.6 is 11.6 Å². The summed E-state index contributed by atoms with van der Waals surface area (Å²) < 4.78 is 20.1. The number of aromatic nitrogens is 3. The van der Waals surface area contributed by atoms with E-state index in [0.29, 0.717) is 38.5 Å². The lowest BCUT2D eigenvalue weighted by Crippen LogP contribution is -2.47. The van der Waals surface area contributed by atoms with Gasteiger partial charge >= 0.3 is 0 Å². The van der Waals surface area contributed by atoms with Gasteiger partial charge in [-0.3, -0.25) is 14.6 Å². The molecule has 2 aliphatic rings. The summed E-state index contributed by atoms with van der Waals surface area (Å²) in [6.07, 6.45) is 5.90. The van der Waals surface area contributed by atoms with Crippen molar-refractivity contribution < 1.29 is 23.8 Å². The first-order valence-corrected chi connectivity index (χ1v) is 9.19. The molecule has 2 saturated heterocycles. The number of carbonyl (C=O) groups excluding carboxylic acids is 1. The summed E-state index contributed by atoms with van der Waals surface area (Å²) in [6.45, 7) is 2.13. The maximum Gasteiger partial charge on any atom is 0.290 e. The molecule has 29 heavy (non-hydrogen) atoms. The van der Waals surface area contributed by atoms with Gasteiger partial charge in [-0.15, -0.1) is 0 Å². The van der Waals surface area contributed by atoms with Crippen LogP contribution in [0.1, 0.15) is 10.5 Å². The van der Waals surface area contributed by atoms with Crippen molar-refractivity contribution in [3.63, 3.8) is 0 Å². The van der Waals surface area contributed by atoms with Crippen molar-refractivity contribution in [2.24, 2.45) is 5.92 Å². The molecular formula is C18H19ClFN5O4. The van der Waals surface area contributed by atoms with E-state index < -0.39 is 5.82 Å². The number of halogens is 2. The van der Waals surface area contributed by atoms with Gasteiger partial charge in [-0.25, -0.2) is 14.4 Å². The third-order valence-corrected chi connectivity index (χ3v) is 4.81. The molecule has 4 rings (SSSR count). The van der Waals surface area contributed by atoms with Crippen LogP contribution in [0.5, 0.6) is 0 Å². The Morgan fingerprint density at radius 3 is 2.72 bits per heavy atom. The number of ether oxygens (including phenoxy) is 1. The van der Waals surface area contributed by atoms with Gasteiger partial charge in [-0.2, -0.15) is 0 Å². The SMILES string of the molecule is O=C(c1cnccn1)N1C[C@H]2COC[C@@H]1CN(c1ncc(Cl)cc1F)C2.O=CO. The number of hydrogen-bond donors (Lipinski definition) is 1. The fourth-order valence-corrected chi connectivity index (χ4v) is 3.61. The van der Waals surface area contributed by atoms with Crippen molar-refractivity contribution in [1.29, 1.82) is 0 Å². The van der Waals surface area contributed by atoms with E-state index in [4.69, 9.17) is 26.2 Å². The minimum atomic E-state index is -0.467. The summed E-state index contributed by atoms with van der Waals surface area (Å²) in [7, 11) is 0. The topological polar surface area (TPSA) is 109 Å². The van der Waals surface area contributed by atoms with Gasteiger partial charge in [-0.1, -0.05) is 11.6 Å². The molecule has 1 N–H and O–H groups in total. The van der Waals surface area contributed by atoms with Crippen molar-refractivity contribution in [3.8, 4) is 0 Å². The van der Waals surface area contributed by atoms with Crippen LogP contribution < -0.4 is 4.90 Å². The number of nitrogens with zero attached hydrogens (tertiary/aromatic N) is 5. The lowest BCUT2D eigenvalue weighted by molar-refractivity contribution is -0.122. The molecule has 2 aromatic heterocycles. The Morgan fingerprint density at radius 1 is 1.24 bits per heavy atom. The second kappa shape index (κ2) is 9.57. The molecule has 0 unspecified atom stereocenters. The summed E-state index contributed by atoms with van der Waals surface area (Å²) in [5.74, 6) is -0.365. The summed E-state index contributed by atoms with van der Waals surface area (Å²) in [5, 5.41) is 7.14. The van der Waals surface area contributed by atoms with Crippen LogP contribution in [0, 0.1) is 11.7 Å². The number of anilines is 1. The van der Waals surface area contributed by atoms with Crippen LogP contribution in [-0.4, -0.2) is 76.2 Å². The lowest BCUT2D eigenvalue weighted by Gasteiger charge is -2.31. The zero-order chi connectivity index (χ0) is 20.8. The van der Waals surface area contributed by atoms with Gasteiger partial charge in [0, 0.05) is 44.1 Å². The predicted octanol–water partition coefficient (Wildman–Crippen LogP) is 1.34. The molecule has 0 spiro atoms. The average molecular weight is 424 g/mol. The van der Waals surface area contributed by atoms with Crippen LogP contribution in [0.15, 0.2) is 30.9 Å². The van der Waals surface area contributed by atoms with Gasteiger partial charge in [0.15, 0.2) is 11.6 Å². The first kappa shape index (κ1) is 20.9. The second-order valence-electron chi connectivity index (χ2n) is 6.57. The molecule has 2 atom stereocenters. The fourth-order valence-electron chi connectivity index (χ4n) is 3.46. The zero-order valence-corrected chi connectivity index (χ0v) is 16.1. The number of carboxylic acid groups (broad SMARTS) is 1. The van der Waals surface area contributed by atoms with E-state index in [1.165, 1.54) is 30.9 Å². The van der Waals surface area contributed by atoms with Gasteiger partial charge in [0.2, 0.25) is 0 Å². The van der Waals surface area contributed by atoms with E-state index >= 15 is 0 Å². The smallest absolute Gasteiger partial charge is 0.290 e. The fraction of sp³-hybridized carbons (Fsp3) is 0.389. The highest BCUT2D eigenvalue weighted by Crippen LogP contribution is 2.27. The Morgan fingerprint density at radius 2 is 2.03 bits per heavy atom. The predicted molar refractivity (Wildman–Crippen MR) is 101 cm³/mol. The van der Waals surface area contributed by atoms with E-state index in [-0.39, 0.29) is 35.2 Å². The van der Waals surface area contributed by atoms with E-state index in [1.54, 1.807) is 4.90 Å². The molecule has 2 fully saturated rings. The summed E-state index contributed by atoms with van der Waals surface area (Å²) in [4.78, 5) is 37.1. The molecule has 154 valence electrons. The Labute approximate surface area is 171 Å². The van der Waals surface area contributed by atoms with Crippen LogP contribution in [0.2, 0.25) is 5.02 Å². The Bertz CT molecular complexity index is 859. The largest absolute Gasteiger partial charge is 0.483 e. The monoisotopic (exact) mass is 423 g/mol. The minimum Gasteiger partial charge on any atom is -0.483 e. The molecule has 0 aromatic carbocycles. The minimum absolute atomic E-state index is 0.0417. The van der Waals surface area contributed by atoms with Gasteiger partial charge in [0.05, 0.1) is 30.5 Å². The van der Waals surface area contributed by atoms with Gasteiger partial charge in [-0.05, 0) is 6.07 Å². The number of hydrogen-bond acceptors (Lipinski definition) is 7. The van der Waals surface area contributed by atoms with E-state index in [0.717, 1.165) is 0 Å². The van der Waals surface area contributed by atoms with Gasteiger partial charge in [0.25, 0.3) is 12.4 Å². The number of fused-ring (bicyclic) bond motifs is 3. The highest BCUT2D eigenvalue weighted by atomic mass is 35.5. The third-order valence-electron chi connectivity index (χ3n) is 4.60. The molecular weight excluding hydrogens is 405 g/mol. The van der Waals surface area contributed by atoms with Gasteiger partial charge in [0.1, 0.15) is 5.69 Å². The Kier molecular flexibility index (Phi) is 6.89. The first-order valence-electron chi connectivity index (χ1n) is 8.82. The van der Waals surface area contributed by atoms with Crippen molar-refractivity contribution in [1.82, 2.24) is 19.9 Å². The molecule has 2 aromatic rings. The van der Waals surface area contributed by atoms with E-state index in [9.17, 15) is 9.18 Å². The molecule has 1 amide bonds. The zero-order valence-electron chi connectivity index (χ0n) is 15.3. The van der Waals surface area contributed by atoms with Crippen LogP contribution in [-0.2, 0) is 9.53 Å². The van der Waals surface area contributed by atoms with Crippen LogP contribution in [0.3, 0.4) is 0 Å². The van der Waals surface area contributed by atoms with Crippen molar-refractivity contribution in [2.45, 2.75) is 6.04 Å². The number of rotatable bonds is 2. The van der Waals surface area contributed by atoms with Crippen LogP contribution in [0.25, 0.3) is 0 Å². The number of amides is 1. The summed E-state index contributed by atoms with van der Waals surface area (Å²) in [6, 6.07) is 1.03. The molecule has 2 bridgehead atoms. The molecule has 9 nitrogen and oxygen atoms in total. The number of carbonyl (C=O) groups is 2. The molecule has 11 heteroatoms. The average Bonchev–Trinajstić information content (AvgIpc) is 3.00. The lowest BCUT2D eigenvalue weighted by atomic mass is 10.1.